The lowest BCUT2D eigenvalue weighted by molar-refractivity contribution is 0.634. The molecule has 6 nitrogen and oxygen atoms in total. The van der Waals surface area contributed by atoms with Crippen LogP contribution in [0.3, 0.4) is 0 Å². The maximum absolute atomic E-state index is 4.73. The van der Waals surface area contributed by atoms with E-state index >= 15 is 0 Å². The third kappa shape index (κ3) is 3.39. The van der Waals surface area contributed by atoms with E-state index in [2.05, 4.69) is 58.4 Å². The van der Waals surface area contributed by atoms with Gasteiger partial charge >= 0.3 is 0 Å². The van der Waals surface area contributed by atoms with Gasteiger partial charge in [-0.15, -0.1) is 0 Å². The SMILES string of the molecule is CCn1nc(C)c(-c2ccnc(NCCN3CCc4ccccc43)n2)c1C. The van der Waals surface area contributed by atoms with Crippen LogP contribution in [0.1, 0.15) is 23.9 Å². The molecule has 2 aromatic heterocycles. The highest BCUT2D eigenvalue weighted by molar-refractivity contribution is 5.65. The minimum absolute atomic E-state index is 0.669. The molecular weight excluding hydrogens is 336 g/mol. The molecule has 0 radical (unpaired) electrons. The van der Waals surface area contributed by atoms with Crippen LogP contribution < -0.4 is 10.2 Å². The van der Waals surface area contributed by atoms with Gasteiger partial charge in [-0.2, -0.15) is 5.10 Å². The topological polar surface area (TPSA) is 58.9 Å². The maximum atomic E-state index is 4.73. The van der Waals surface area contributed by atoms with Crippen LogP contribution >= 0.6 is 0 Å². The second-order valence-corrected chi connectivity index (χ2v) is 6.92. The highest BCUT2D eigenvalue weighted by Crippen LogP contribution is 2.27. The second kappa shape index (κ2) is 7.39. The number of aromatic nitrogens is 4. The lowest BCUT2D eigenvalue weighted by atomic mass is 10.1. The summed E-state index contributed by atoms with van der Waals surface area (Å²) in [5.74, 6) is 0.669. The van der Waals surface area contributed by atoms with Crippen molar-refractivity contribution in [1.82, 2.24) is 19.7 Å². The first-order valence-corrected chi connectivity index (χ1v) is 9.61. The van der Waals surface area contributed by atoms with Crippen LogP contribution in [0.2, 0.25) is 0 Å². The van der Waals surface area contributed by atoms with E-state index in [9.17, 15) is 0 Å². The molecule has 0 saturated carbocycles. The number of benzene rings is 1. The summed E-state index contributed by atoms with van der Waals surface area (Å²) in [7, 11) is 0. The zero-order chi connectivity index (χ0) is 18.8. The highest BCUT2D eigenvalue weighted by Gasteiger charge is 2.18. The molecule has 0 amide bonds. The Labute approximate surface area is 160 Å². The van der Waals surface area contributed by atoms with Crippen molar-refractivity contribution in [1.29, 1.82) is 0 Å². The number of hydrogen-bond acceptors (Lipinski definition) is 5. The minimum atomic E-state index is 0.669. The number of para-hydroxylation sites is 1. The van der Waals surface area contributed by atoms with Gasteiger partial charge in [0.1, 0.15) is 0 Å². The Morgan fingerprint density at radius 3 is 2.81 bits per heavy atom. The van der Waals surface area contributed by atoms with E-state index in [1.54, 1.807) is 0 Å². The number of hydrogen-bond donors (Lipinski definition) is 1. The van der Waals surface area contributed by atoms with Crippen molar-refractivity contribution in [3.8, 4) is 11.3 Å². The summed E-state index contributed by atoms with van der Waals surface area (Å²) >= 11 is 0. The molecule has 3 heterocycles. The van der Waals surface area contributed by atoms with Crippen LogP contribution in [0.25, 0.3) is 11.3 Å². The molecule has 0 spiro atoms. The van der Waals surface area contributed by atoms with Crippen molar-refractivity contribution in [3.63, 3.8) is 0 Å². The van der Waals surface area contributed by atoms with Gasteiger partial charge in [-0.3, -0.25) is 4.68 Å². The third-order valence-electron chi connectivity index (χ3n) is 5.24. The molecule has 1 N–H and O–H groups in total. The number of fused-ring (bicyclic) bond motifs is 1. The molecule has 0 atom stereocenters. The van der Waals surface area contributed by atoms with Crippen molar-refractivity contribution >= 4 is 11.6 Å². The molecule has 1 aliphatic heterocycles. The third-order valence-corrected chi connectivity index (χ3v) is 5.24. The fraction of sp³-hybridized carbons (Fsp3) is 0.381. The molecule has 4 rings (SSSR count). The fourth-order valence-corrected chi connectivity index (χ4v) is 3.90. The second-order valence-electron chi connectivity index (χ2n) is 6.92. The Bertz CT molecular complexity index is 946. The van der Waals surface area contributed by atoms with Crippen LogP contribution in [-0.2, 0) is 13.0 Å². The van der Waals surface area contributed by atoms with Crippen molar-refractivity contribution in [2.24, 2.45) is 0 Å². The largest absolute Gasteiger partial charge is 0.369 e. The molecule has 140 valence electrons. The van der Waals surface area contributed by atoms with Gasteiger partial charge in [0.15, 0.2) is 0 Å². The standard InChI is InChI=1S/C21H26N6/c1-4-27-16(3)20(15(2)25-27)18-9-11-22-21(24-18)23-12-14-26-13-10-17-7-5-6-8-19(17)26/h5-9,11H,4,10,12-14H2,1-3H3,(H,22,23,24). The molecular formula is C21H26N6. The van der Waals surface area contributed by atoms with Crippen molar-refractivity contribution < 1.29 is 0 Å². The zero-order valence-corrected chi connectivity index (χ0v) is 16.2. The highest BCUT2D eigenvalue weighted by atomic mass is 15.3. The molecule has 3 aromatic rings. The summed E-state index contributed by atoms with van der Waals surface area (Å²) in [5, 5.41) is 7.98. The summed E-state index contributed by atoms with van der Waals surface area (Å²) in [6.07, 6.45) is 2.94. The quantitative estimate of drug-likeness (QED) is 0.728. The van der Waals surface area contributed by atoms with E-state index in [0.29, 0.717) is 5.95 Å². The summed E-state index contributed by atoms with van der Waals surface area (Å²) in [4.78, 5) is 11.5. The first kappa shape index (κ1) is 17.5. The summed E-state index contributed by atoms with van der Waals surface area (Å²) in [6, 6.07) is 10.6. The number of anilines is 2. The predicted molar refractivity (Wildman–Crippen MR) is 109 cm³/mol. The molecule has 0 bridgehead atoms. The summed E-state index contributed by atoms with van der Waals surface area (Å²) in [6.45, 7) is 9.93. The van der Waals surface area contributed by atoms with Gasteiger partial charge in [0.2, 0.25) is 5.95 Å². The Morgan fingerprint density at radius 1 is 1.15 bits per heavy atom. The Hall–Kier alpha value is -2.89. The van der Waals surface area contributed by atoms with E-state index in [4.69, 9.17) is 4.98 Å². The lowest BCUT2D eigenvalue weighted by Gasteiger charge is -2.19. The molecule has 27 heavy (non-hydrogen) atoms. The van der Waals surface area contributed by atoms with Gasteiger partial charge < -0.3 is 10.2 Å². The Kier molecular flexibility index (Phi) is 4.79. The molecule has 6 heteroatoms. The number of aryl methyl sites for hydroxylation is 2. The minimum Gasteiger partial charge on any atom is -0.369 e. The van der Waals surface area contributed by atoms with Gasteiger partial charge in [-0.25, -0.2) is 9.97 Å². The van der Waals surface area contributed by atoms with Gasteiger partial charge in [-0.05, 0) is 44.9 Å². The van der Waals surface area contributed by atoms with E-state index in [0.717, 1.165) is 55.2 Å². The van der Waals surface area contributed by atoms with Gasteiger partial charge in [0.25, 0.3) is 0 Å². The molecule has 0 aliphatic carbocycles. The van der Waals surface area contributed by atoms with E-state index in [1.165, 1.54) is 11.3 Å². The summed E-state index contributed by atoms with van der Waals surface area (Å²) < 4.78 is 2.02. The maximum Gasteiger partial charge on any atom is 0.223 e. The first-order chi connectivity index (χ1) is 13.2. The molecule has 1 aromatic carbocycles. The number of nitrogens with one attached hydrogen (secondary N) is 1. The van der Waals surface area contributed by atoms with E-state index < -0.39 is 0 Å². The van der Waals surface area contributed by atoms with Crippen LogP contribution in [0.4, 0.5) is 11.6 Å². The Morgan fingerprint density at radius 2 is 2.00 bits per heavy atom. The smallest absolute Gasteiger partial charge is 0.223 e. The van der Waals surface area contributed by atoms with Crippen LogP contribution in [-0.4, -0.2) is 39.4 Å². The van der Waals surface area contributed by atoms with Crippen molar-refractivity contribution in [2.45, 2.75) is 33.7 Å². The average Bonchev–Trinajstić information content (AvgIpc) is 3.22. The van der Waals surface area contributed by atoms with E-state index in [-0.39, 0.29) is 0 Å². The van der Waals surface area contributed by atoms with Crippen LogP contribution in [0.5, 0.6) is 0 Å². The Balaban J connectivity index is 1.44. The summed E-state index contributed by atoms with van der Waals surface area (Å²) in [5.41, 5.74) is 6.98. The van der Waals surface area contributed by atoms with Gasteiger partial charge in [0, 0.05) is 49.3 Å². The molecule has 0 unspecified atom stereocenters. The zero-order valence-electron chi connectivity index (χ0n) is 16.2. The molecule has 1 aliphatic rings. The predicted octanol–water partition coefficient (Wildman–Crippen LogP) is 3.45. The lowest BCUT2D eigenvalue weighted by Crippen LogP contribution is -2.27. The van der Waals surface area contributed by atoms with Crippen LogP contribution in [0.15, 0.2) is 36.5 Å². The van der Waals surface area contributed by atoms with Gasteiger partial charge in [-0.1, -0.05) is 18.2 Å². The van der Waals surface area contributed by atoms with Crippen LogP contribution in [0, 0.1) is 13.8 Å². The number of nitrogens with zero attached hydrogens (tertiary/aromatic N) is 5. The number of rotatable bonds is 6. The van der Waals surface area contributed by atoms with Crippen molar-refractivity contribution in [2.75, 3.05) is 29.9 Å². The molecule has 0 fully saturated rings. The normalized spacial score (nSPS) is 13.1. The van der Waals surface area contributed by atoms with Crippen molar-refractivity contribution in [3.05, 3.63) is 53.5 Å². The van der Waals surface area contributed by atoms with E-state index in [1.807, 2.05) is 23.9 Å². The first-order valence-electron chi connectivity index (χ1n) is 9.61. The molecule has 0 saturated heterocycles. The fourth-order valence-electron chi connectivity index (χ4n) is 3.90. The monoisotopic (exact) mass is 362 g/mol. The van der Waals surface area contributed by atoms with Gasteiger partial charge in [0.05, 0.1) is 11.4 Å². The average molecular weight is 362 g/mol.